The molecule has 4 rings (SSSR count). The Hall–Kier alpha value is -1.32. The molecule has 1 aromatic heterocycles. The maximum Gasteiger partial charge on any atom is 0.191 e. The quantitative estimate of drug-likeness (QED) is 0.327. The van der Waals surface area contributed by atoms with Crippen LogP contribution >= 0.6 is 24.0 Å². The first kappa shape index (κ1) is 22.4. The lowest BCUT2D eigenvalue weighted by atomic mass is 9.80. The van der Waals surface area contributed by atoms with Crippen LogP contribution in [0.25, 0.3) is 10.9 Å². The van der Waals surface area contributed by atoms with E-state index < -0.39 is 0 Å². The highest BCUT2D eigenvalue weighted by Crippen LogP contribution is 2.33. The van der Waals surface area contributed by atoms with E-state index in [1.165, 1.54) is 48.7 Å². The molecule has 2 aromatic rings. The second-order valence-corrected chi connectivity index (χ2v) is 8.05. The number of hydrogen-bond acceptors (Lipinski definition) is 3. The van der Waals surface area contributed by atoms with Crippen LogP contribution in [-0.2, 0) is 11.3 Å². The van der Waals surface area contributed by atoms with Gasteiger partial charge in [-0.25, -0.2) is 0 Å². The standard InChI is InChI=1S/C22H33N5O.HI/c1-23-21(24-16-19-15-18-7-3-4-8-20(18)26-19)25-17-22(9-5-2-6-10-22)27-11-13-28-14-12-27;/h3-4,7-8,15,26H,2,5-6,9-14,16-17H2,1H3,(H2,23,24,25);1H. The first-order valence-corrected chi connectivity index (χ1v) is 10.6. The highest BCUT2D eigenvalue weighted by molar-refractivity contribution is 14.0. The van der Waals surface area contributed by atoms with E-state index in [4.69, 9.17) is 4.74 Å². The second kappa shape index (κ2) is 10.6. The van der Waals surface area contributed by atoms with E-state index >= 15 is 0 Å². The SMILES string of the molecule is CN=C(NCc1cc2ccccc2[nH]1)NCC1(N2CCOCC2)CCCCC1.I. The number of nitrogens with one attached hydrogen (secondary N) is 3. The molecule has 0 atom stereocenters. The van der Waals surface area contributed by atoms with E-state index in [0.29, 0.717) is 0 Å². The fraction of sp³-hybridized carbons (Fsp3) is 0.591. The molecule has 1 saturated heterocycles. The summed E-state index contributed by atoms with van der Waals surface area (Å²) in [4.78, 5) is 10.6. The summed E-state index contributed by atoms with van der Waals surface area (Å²) in [6, 6.07) is 10.6. The van der Waals surface area contributed by atoms with Crippen LogP contribution in [-0.4, -0.2) is 61.3 Å². The Bertz CT molecular complexity index is 760. The molecule has 3 N–H and O–H groups in total. The number of aromatic amines is 1. The number of nitrogens with zero attached hydrogens (tertiary/aromatic N) is 2. The van der Waals surface area contributed by atoms with E-state index in [0.717, 1.165) is 45.4 Å². The predicted molar refractivity (Wildman–Crippen MR) is 130 cm³/mol. The number of halogens is 1. The van der Waals surface area contributed by atoms with Crippen molar-refractivity contribution in [2.75, 3.05) is 39.9 Å². The van der Waals surface area contributed by atoms with Crippen molar-refractivity contribution >= 4 is 40.8 Å². The van der Waals surface area contributed by atoms with Gasteiger partial charge < -0.3 is 20.4 Å². The lowest BCUT2D eigenvalue weighted by Gasteiger charge is -2.48. The van der Waals surface area contributed by atoms with Crippen molar-refractivity contribution in [2.24, 2.45) is 4.99 Å². The maximum absolute atomic E-state index is 5.59. The Kier molecular flexibility index (Phi) is 8.20. The molecular formula is C22H34IN5O. The van der Waals surface area contributed by atoms with Crippen LogP contribution < -0.4 is 10.6 Å². The van der Waals surface area contributed by atoms with Gasteiger partial charge in [0.2, 0.25) is 0 Å². The first-order valence-electron chi connectivity index (χ1n) is 10.6. The zero-order valence-electron chi connectivity index (χ0n) is 17.4. The fourth-order valence-corrected chi connectivity index (χ4v) is 4.73. The zero-order valence-corrected chi connectivity index (χ0v) is 19.7. The Morgan fingerprint density at radius 2 is 1.90 bits per heavy atom. The highest BCUT2D eigenvalue weighted by atomic mass is 127. The molecule has 2 heterocycles. The smallest absolute Gasteiger partial charge is 0.191 e. The topological polar surface area (TPSA) is 64.7 Å². The van der Waals surface area contributed by atoms with Crippen molar-refractivity contribution in [3.63, 3.8) is 0 Å². The molecule has 7 heteroatoms. The van der Waals surface area contributed by atoms with Gasteiger partial charge in [-0.3, -0.25) is 9.89 Å². The normalized spacial score (nSPS) is 20.2. The summed E-state index contributed by atoms with van der Waals surface area (Å²) in [5, 5.41) is 8.34. The van der Waals surface area contributed by atoms with Crippen LogP contribution in [0.1, 0.15) is 37.8 Å². The van der Waals surface area contributed by atoms with E-state index in [9.17, 15) is 0 Å². The van der Waals surface area contributed by atoms with Gasteiger partial charge in [0.05, 0.1) is 19.8 Å². The molecule has 29 heavy (non-hydrogen) atoms. The third-order valence-corrected chi connectivity index (χ3v) is 6.31. The third kappa shape index (κ3) is 5.44. The number of rotatable bonds is 5. The number of H-pyrrole nitrogens is 1. The number of guanidine groups is 1. The summed E-state index contributed by atoms with van der Waals surface area (Å²) in [5.74, 6) is 0.872. The van der Waals surface area contributed by atoms with E-state index in [2.05, 4.69) is 55.8 Å². The molecule has 6 nitrogen and oxygen atoms in total. The fourth-order valence-electron chi connectivity index (χ4n) is 4.73. The molecule has 2 aliphatic rings. The summed E-state index contributed by atoms with van der Waals surface area (Å²) in [6.07, 6.45) is 6.53. The highest BCUT2D eigenvalue weighted by Gasteiger charge is 2.38. The van der Waals surface area contributed by atoms with Crippen molar-refractivity contribution in [1.29, 1.82) is 0 Å². The van der Waals surface area contributed by atoms with Gasteiger partial charge in [-0.15, -0.1) is 24.0 Å². The Morgan fingerprint density at radius 3 is 2.62 bits per heavy atom. The lowest BCUT2D eigenvalue weighted by molar-refractivity contribution is -0.0352. The zero-order chi connectivity index (χ0) is 19.2. The predicted octanol–water partition coefficient (Wildman–Crippen LogP) is 3.49. The van der Waals surface area contributed by atoms with Crippen LogP contribution in [0.4, 0.5) is 0 Å². The summed E-state index contributed by atoms with van der Waals surface area (Å²) in [6.45, 7) is 5.48. The molecule has 1 saturated carbocycles. The molecule has 1 aliphatic heterocycles. The summed E-state index contributed by atoms with van der Waals surface area (Å²) in [5.41, 5.74) is 2.58. The van der Waals surface area contributed by atoms with Crippen LogP contribution in [0.2, 0.25) is 0 Å². The van der Waals surface area contributed by atoms with Crippen LogP contribution in [0.5, 0.6) is 0 Å². The molecule has 1 aliphatic carbocycles. The molecule has 0 spiro atoms. The first-order chi connectivity index (χ1) is 13.8. The second-order valence-electron chi connectivity index (χ2n) is 8.05. The third-order valence-electron chi connectivity index (χ3n) is 6.31. The molecule has 0 amide bonds. The van der Waals surface area contributed by atoms with E-state index in [-0.39, 0.29) is 29.5 Å². The molecule has 0 unspecified atom stereocenters. The van der Waals surface area contributed by atoms with Crippen LogP contribution in [0.15, 0.2) is 35.3 Å². The van der Waals surface area contributed by atoms with Crippen molar-refractivity contribution in [3.05, 3.63) is 36.0 Å². The van der Waals surface area contributed by atoms with Gasteiger partial charge in [0, 0.05) is 43.4 Å². The molecule has 160 valence electrons. The van der Waals surface area contributed by atoms with Crippen molar-refractivity contribution < 1.29 is 4.74 Å². The van der Waals surface area contributed by atoms with Gasteiger partial charge in [-0.05, 0) is 30.4 Å². The maximum atomic E-state index is 5.59. The van der Waals surface area contributed by atoms with Crippen molar-refractivity contribution in [2.45, 2.75) is 44.2 Å². The van der Waals surface area contributed by atoms with Crippen molar-refractivity contribution in [3.8, 4) is 0 Å². The molecule has 0 radical (unpaired) electrons. The molecular weight excluding hydrogens is 477 g/mol. The Balaban J connectivity index is 0.00000240. The average Bonchev–Trinajstić information content (AvgIpc) is 3.18. The van der Waals surface area contributed by atoms with Crippen LogP contribution in [0, 0.1) is 0 Å². The average molecular weight is 511 g/mol. The number of ether oxygens (including phenoxy) is 1. The molecule has 1 aromatic carbocycles. The lowest BCUT2D eigenvalue weighted by Crippen LogP contribution is -2.60. The van der Waals surface area contributed by atoms with Gasteiger partial charge in [-0.1, -0.05) is 37.5 Å². The molecule has 2 fully saturated rings. The van der Waals surface area contributed by atoms with E-state index in [1.54, 1.807) is 0 Å². The summed E-state index contributed by atoms with van der Waals surface area (Å²) >= 11 is 0. The number of hydrogen-bond donors (Lipinski definition) is 3. The number of morpholine rings is 1. The van der Waals surface area contributed by atoms with Gasteiger partial charge in [0.1, 0.15) is 0 Å². The van der Waals surface area contributed by atoms with Gasteiger partial charge >= 0.3 is 0 Å². The minimum Gasteiger partial charge on any atom is -0.379 e. The Morgan fingerprint density at radius 1 is 1.14 bits per heavy atom. The Labute approximate surface area is 190 Å². The number of aromatic nitrogens is 1. The molecule has 0 bridgehead atoms. The number of benzene rings is 1. The summed E-state index contributed by atoms with van der Waals surface area (Å²) in [7, 11) is 1.85. The van der Waals surface area contributed by atoms with Crippen LogP contribution in [0.3, 0.4) is 0 Å². The summed E-state index contributed by atoms with van der Waals surface area (Å²) < 4.78 is 5.59. The number of fused-ring (bicyclic) bond motifs is 1. The number of aliphatic imine (C=N–C) groups is 1. The van der Waals surface area contributed by atoms with Gasteiger partial charge in [0.15, 0.2) is 5.96 Å². The number of para-hydroxylation sites is 1. The minimum atomic E-state index is 0. The monoisotopic (exact) mass is 511 g/mol. The van der Waals surface area contributed by atoms with Crippen molar-refractivity contribution in [1.82, 2.24) is 20.5 Å². The van der Waals surface area contributed by atoms with Gasteiger partial charge in [-0.2, -0.15) is 0 Å². The van der Waals surface area contributed by atoms with Gasteiger partial charge in [0.25, 0.3) is 0 Å². The van der Waals surface area contributed by atoms with E-state index in [1.807, 2.05) is 7.05 Å². The minimum absolute atomic E-state index is 0. The largest absolute Gasteiger partial charge is 0.379 e.